The Hall–Kier alpha value is -4.30. The van der Waals surface area contributed by atoms with Gasteiger partial charge in [0.05, 0.1) is 12.8 Å². The summed E-state index contributed by atoms with van der Waals surface area (Å²) < 4.78 is 5.29. The number of hydrogen-bond donors (Lipinski definition) is 2. The number of hydrogen-bond acceptors (Lipinski definition) is 6. The highest BCUT2D eigenvalue weighted by Gasteiger charge is 2.40. The number of rotatable bonds is 7. The molecule has 2 N–H and O–H groups in total. The molecule has 188 valence electrons. The molecule has 3 aromatic rings. The smallest absolute Gasteiger partial charge is 0.283 e. The number of methoxy groups -OCH3 is 1. The van der Waals surface area contributed by atoms with Gasteiger partial charge < -0.3 is 20.3 Å². The van der Waals surface area contributed by atoms with E-state index in [0.29, 0.717) is 28.4 Å². The first kappa shape index (κ1) is 24.4. The molecular formula is C28H25ClN4O4. The standard InChI is InChI=1S/C28H25ClN4O4/c1-37-23-10-3-2-9-22(23)33-27(35)24(29)25(28(33)36)30-20-8-6-7-18(17-20)26(34)31-19-11-13-21(14-12-19)32-15-4-5-16-32/h2-3,6-14,17,30H,4-5,15-16H2,1H3,(H,31,34). The Labute approximate surface area is 219 Å². The van der Waals surface area contributed by atoms with Crippen molar-refractivity contribution in [2.24, 2.45) is 0 Å². The van der Waals surface area contributed by atoms with E-state index in [1.807, 2.05) is 24.3 Å². The summed E-state index contributed by atoms with van der Waals surface area (Å²) in [6, 6.07) is 21.1. The average Bonchev–Trinajstić information content (AvgIpc) is 3.53. The zero-order valence-corrected chi connectivity index (χ0v) is 20.9. The summed E-state index contributed by atoms with van der Waals surface area (Å²) >= 11 is 6.26. The molecule has 0 unspecified atom stereocenters. The highest BCUT2D eigenvalue weighted by Crippen LogP contribution is 2.35. The van der Waals surface area contributed by atoms with Gasteiger partial charge in [0.2, 0.25) is 0 Å². The predicted molar refractivity (Wildman–Crippen MR) is 144 cm³/mol. The maximum atomic E-state index is 13.1. The van der Waals surface area contributed by atoms with Crippen LogP contribution in [-0.2, 0) is 9.59 Å². The maximum absolute atomic E-state index is 13.1. The number of nitrogens with zero attached hydrogens (tertiary/aromatic N) is 2. The largest absolute Gasteiger partial charge is 0.495 e. The predicted octanol–water partition coefficient (Wildman–Crippen LogP) is 4.98. The lowest BCUT2D eigenvalue weighted by atomic mass is 10.1. The molecule has 0 bridgehead atoms. The molecule has 0 spiro atoms. The van der Waals surface area contributed by atoms with Crippen LogP contribution in [0.25, 0.3) is 0 Å². The van der Waals surface area contributed by atoms with Crippen molar-refractivity contribution in [3.63, 3.8) is 0 Å². The lowest BCUT2D eigenvalue weighted by molar-refractivity contribution is -0.120. The molecule has 1 fully saturated rings. The number of carbonyl (C=O) groups is 3. The van der Waals surface area contributed by atoms with Gasteiger partial charge in [-0.1, -0.05) is 29.8 Å². The third-order valence-corrected chi connectivity index (χ3v) is 6.69. The van der Waals surface area contributed by atoms with Gasteiger partial charge in [0.1, 0.15) is 16.5 Å². The van der Waals surface area contributed by atoms with Crippen molar-refractivity contribution in [2.45, 2.75) is 12.8 Å². The van der Waals surface area contributed by atoms with Crippen molar-refractivity contribution in [2.75, 3.05) is 40.6 Å². The van der Waals surface area contributed by atoms with E-state index < -0.39 is 11.8 Å². The summed E-state index contributed by atoms with van der Waals surface area (Å²) in [5.74, 6) is -1.22. The normalized spacial score (nSPS) is 15.4. The number of anilines is 4. The van der Waals surface area contributed by atoms with Crippen LogP contribution in [-0.4, -0.2) is 37.9 Å². The zero-order valence-electron chi connectivity index (χ0n) is 20.2. The summed E-state index contributed by atoms with van der Waals surface area (Å²) in [7, 11) is 1.45. The monoisotopic (exact) mass is 516 g/mol. The fraction of sp³-hybridized carbons (Fsp3) is 0.179. The first-order valence-electron chi connectivity index (χ1n) is 11.9. The second-order valence-corrected chi connectivity index (χ2v) is 9.09. The van der Waals surface area contributed by atoms with E-state index in [2.05, 4.69) is 15.5 Å². The molecule has 3 aromatic carbocycles. The topological polar surface area (TPSA) is 91.0 Å². The minimum atomic E-state index is -0.662. The lowest BCUT2D eigenvalue weighted by Crippen LogP contribution is -2.32. The van der Waals surface area contributed by atoms with E-state index in [9.17, 15) is 14.4 Å². The van der Waals surface area contributed by atoms with Crippen molar-refractivity contribution in [3.05, 3.63) is 89.1 Å². The van der Waals surface area contributed by atoms with E-state index in [0.717, 1.165) is 23.7 Å². The Balaban J connectivity index is 1.30. The molecule has 5 rings (SSSR count). The van der Waals surface area contributed by atoms with E-state index >= 15 is 0 Å². The van der Waals surface area contributed by atoms with Gasteiger partial charge in [0.15, 0.2) is 0 Å². The third-order valence-electron chi connectivity index (χ3n) is 6.34. The summed E-state index contributed by atoms with van der Waals surface area (Å²) in [5, 5.41) is 5.56. The number of para-hydroxylation sites is 2. The van der Waals surface area contributed by atoms with Crippen molar-refractivity contribution < 1.29 is 19.1 Å². The van der Waals surface area contributed by atoms with Gasteiger partial charge in [-0.2, -0.15) is 0 Å². The fourth-order valence-electron chi connectivity index (χ4n) is 4.46. The molecule has 0 atom stereocenters. The van der Waals surface area contributed by atoms with Crippen molar-refractivity contribution in [3.8, 4) is 5.75 Å². The Kier molecular flexibility index (Phi) is 6.83. The van der Waals surface area contributed by atoms with E-state index in [4.69, 9.17) is 16.3 Å². The summed E-state index contributed by atoms with van der Waals surface area (Å²) in [6.07, 6.45) is 2.40. The Morgan fingerprint density at radius 2 is 1.62 bits per heavy atom. The molecule has 8 nitrogen and oxygen atoms in total. The van der Waals surface area contributed by atoms with Crippen LogP contribution in [0, 0.1) is 0 Å². The van der Waals surface area contributed by atoms with Gasteiger partial charge in [0.25, 0.3) is 17.7 Å². The summed E-state index contributed by atoms with van der Waals surface area (Å²) in [6.45, 7) is 2.10. The number of ether oxygens (including phenoxy) is 1. The van der Waals surface area contributed by atoms with Gasteiger partial charge in [-0.3, -0.25) is 14.4 Å². The first-order valence-corrected chi connectivity index (χ1v) is 12.3. The van der Waals surface area contributed by atoms with Crippen molar-refractivity contribution >= 4 is 52.1 Å². The molecule has 0 saturated carbocycles. The van der Waals surface area contributed by atoms with Gasteiger partial charge in [0, 0.05) is 35.7 Å². The molecule has 2 aliphatic heterocycles. The first-order chi connectivity index (χ1) is 18.0. The van der Waals surface area contributed by atoms with Crippen LogP contribution in [0.5, 0.6) is 5.75 Å². The average molecular weight is 517 g/mol. The van der Waals surface area contributed by atoms with Crippen LogP contribution >= 0.6 is 11.6 Å². The zero-order chi connectivity index (χ0) is 25.9. The van der Waals surface area contributed by atoms with Crippen LogP contribution < -0.4 is 25.2 Å². The van der Waals surface area contributed by atoms with Crippen LogP contribution in [0.3, 0.4) is 0 Å². The molecule has 3 amide bonds. The molecule has 2 aliphatic rings. The van der Waals surface area contributed by atoms with E-state index in [1.54, 1.807) is 48.5 Å². The molecule has 1 saturated heterocycles. The van der Waals surface area contributed by atoms with Gasteiger partial charge >= 0.3 is 0 Å². The van der Waals surface area contributed by atoms with Gasteiger partial charge in [-0.05, 0) is 67.4 Å². The number of imide groups is 1. The maximum Gasteiger partial charge on any atom is 0.283 e. The van der Waals surface area contributed by atoms with Crippen molar-refractivity contribution in [1.29, 1.82) is 0 Å². The quantitative estimate of drug-likeness (QED) is 0.430. The molecule has 9 heteroatoms. The molecular weight excluding hydrogens is 492 g/mol. The number of benzene rings is 3. The van der Waals surface area contributed by atoms with Gasteiger partial charge in [-0.15, -0.1) is 0 Å². The highest BCUT2D eigenvalue weighted by molar-refractivity contribution is 6.53. The minimum absolute atomic E-state index is 0.0763. The third kappa shape index (κ3) is 4.88. The van der Waals surface area contributed by atoms with Crippen molar-refractivity contribution in [1.82, 2.24) is 0 Å². The number of amides is 3. The molecule has 0 aliphatic carbocycles. The number of halogens is 1. The minimum Gasteiger partial charge on any atom is -0.495 e. The molecule has 2 heterocycles. The fourth-order valence-corrected chi connectivity index (χ4v) is 4.67. The molecule has 0 aromatic heterocycles. The number of nitrogens with one attached hydrogen (secondary N) is 2. The summed E-state index contributed by atoms with van der Waals surface area (Å²) in [5.41, 5.74) is 2.86. The Morgan fingerprint density at radius 3 is 2.35 bits per heavy atom. The summed E-state index contributed by atoms with van der Waals surface area (Å²) in [4.78, 5) is 42.2. The Bertz CT molecular complexity index is 1400. The molecule has 37 heavy (non-hydrogen) atoms. The van der Waals surface area contributed by atoms with Crippen LogP contribution in [0.2, 0.25) is 0 Å². The Morgan fingerprint density at radius 1 is 0.892 bits per heavy atom. The van der Waals surface area contributed by atoms with E-state index in [-0.39, 0.29) is 16.6 Å². The number of carbonyl (C=O) groups excluding carboxylic acids is 3. The van der Waals surface area contributed by atoms with Gasteiger partial charge in [-0.25, -0.2) is 4.90 Å². The molecule has 0 radical (unpaired) electrons. The van der Waals surface area contributed by atoms with Crippen LogP contribution in [0.15, 0.2) is 83.5 Å². The highest BCUT2D eigenvalue weighted by atomic mass is 35.5. The van der Waals surface area contributed by atoms with E-state index in [1.165, 1.54) is 20.0 Å². The van der Waals surface area contributed by atoms with Crippen LogP contribution in [0.4, 0.5) is 22.7 Å². The lowest BCUT2D eigenvalue weighted by Gasteiger charge is -2.18. The second-order valence-electron chi connectivity index (χ2n) is 8.71. The SMILES string of the molecule is COc1ccccc1N1C(=O)C(Cl)=C(Nc2cccc(C(=O)Nc3ccc(N4CCCC4)cc3)c2)C1=O. The van der Waals surface area contributed by atoms with Crippen LogP contribution in [0.1, 0.15) is 23.2 Å². The second kappa shape index (κ2) is 10.4.